The fourth-order valence-corrected chi connectivity index (χ4v) is 2.44. The quantitative estimate of drug-likeness (QED) is 0.853. The van der Waals surface area contributed by atoms with E-state index in [9.17, 15) is 4.79 Å². The number of nitrogens with zero attached hydrogens (tertiary/aromatic N) is 2. The average molecular weight is 288 g/mol. The van der Waals surface area contributed by atoms with Crippen LogP contribution in [0.4, 0.5) is 5.69 Å². The Bertz CT molecular complexity index is 667. The second-order valence-corrected chi connectivity index (χ2v) is 6.41. The molecule has 2 aromatic rings. The molecule has 0 aliphatic carbocycles. The Labute approximate surface area is 125 Å². The van der Waals surface area contributed by atoms with Crippen LogP contribution >= 0.6 is 0 Å². The van der Waals surface area contributed by atoms with E-state index in [-0.39, 0.29) is 17.5 Å². The van der Waals surface area contributed by atoms with E-state index in [1.54, 1.807) is 0 Å². The molecule has 1 aromatic carbocycles. The molecule has 21 heavy (non-hydrogen) atoms. The van der Waals surface area contributed by atoms with Crippen molar-refractivity contribution in [3.63, 3.8) is 0 Å². The van der Waals surface area contributed by atoms with Crippen LogP contribution in [0.3, 0.4) is 0 Å². The highest BCUT2D eigenvalue weighted by molar-refractivity contribution is 5.85. The molecule has 0 bridgehead atoms. The summed E-state index contributed by atoms with van der Waals surface area (Å²) in [5, 5.41) is 3.02. The van der Waals surface area contributed by atoms with Crippen LogP contribution in [-0.2, 0) is 11.2 Å². The van der Waals surface area contributed by atoms with E-state index in [0.29, 0.717) is 5.69 Å². The first-order chi connectivity index (χ1) is 9.73. The molecule has 3 N–H and O–H groups in total. The van der Waals surface area contributed by atoms with Gasteiger partial charge in [-0.1, -0.05) is 6.92 Å². The van der Waals surface area contributed by atoms with Crippen molar-refractivity contribution in [3.05, 3.63) is 24.0 Å². The lowest BCUT2D eigenvalue weighted by Crippen LogP contribution is -2.44. The molecule has 0 spiro atoms. The summed E-state index contributed by atoms with van der Waals surface area (Å²) in [4.78, 5) is 17.0. The van der Waals surface area contributed by atoms with Gasteiger partial charge in [0.05, 0.1) is 11.0 Å². The predicted octanol–water partition coefficient (Wildman–Crippen LogP) is 2.66. The minimum Gasteiger partial charge on any atom is -0.399 e. The van der Waals surface area contributed by atoms with Gasteiger partial charge in [-0.25, -0.2) is 4.98 Å². The number of aryl methyl sites for hydroxylation is 1. The van der Waals surface area contributed by atoms with Gasteiger partial charge in [0, 0.05) is 17.6 Å². The van der Waals surface area contributed by atoms with Crippen LogP contribution in [0.25, 0.3) is 11.0 Å². The van der Waals surface area contributed by atoms with E-state index in [1.807, 2.05) is 57.4 Å². The summed E-state index contributed by atoms with van der Waals surface area (Å²) in [6.07, 6.45) is 0.766. The number of amides is 1. The number of hydrogen-bond acceptors (Lipinski definition) is 3. The number of rotatable bonds is 3. The summed E-state index contributed by atoms with van der Waals surface area (Å²) >= 11 is 0. The van der Waals surface area contributed by atoms with Crippen molar-refractivity contribution in [1.29, 1.82) is 0 Å². The SMILES string of the molecule is CCc1nc2cc(N)ccc2n1C(C)C(=O)NC(C)(C)C. The second kappa shape index (κ2) is 5.39. The third kappa shape index (κ3) is 3.17. The molecule has 1 amide bonds. The number of anilines is 1. The van der Waals surface area contributed by atoms with Gasteiger partial charge in [-0.3, -0.25) is 4.79 Å². The molecule has 0 fully saturated rings. The van der Waals surface area contributed by atoms with E-state index in [0.717, 1.165) is 23.3 Å². The highest BCUT2D eigenvalue weighted by atomic mass is 16.2. The van der Waals surface area contributed by atoms with E-state index in [2.05, 4.69) is 10.3 Å². The van der Waals surface area contributed by atoms with Gasteiger partial charge in [0.2, 0.25) is 5.91 Å². The number of nitrogens with two attached hydrogens (primary N) is 1. The van der Waals surface area contributed by atoms with Crippen molar-refractivity contribution in [2.24, 2.45) is 0 Å². The normalized spacial score (nSPS) is 13.4. The van der Waals surface area contributed by atoms with Crippen LogP contribution in [0.15, 0.2) is 18.2 Å². The van der Waals surface area contributed by atoms with Gasteiger partial charge < -0.3 is 15.6 Å². The third-order valence-electron chi connectivity index (χ3n) is 3.37. The third-order valence-corrected chi connectivity index (χ3v) is 3.37. The van der Waals surface area contributed by atoms with Crippen LogP contribution < -0.4 is 11.1 Å². The minimum absolute atomic E-state index is 0.00618. The Balaban J connectivity index is 2.47. The number of hydrogen-bond donors (Lipinski definition) is 2. The molecule has 2 rings (SSSR count). The lowest BCUT2D eigenvalue weighted by Gasteiger charge is -2.25. The molecule has 1 atom stereocenters. The number of carbonyl (C=O) groups is 1. The van der Waals surface area contributed by atoms with Gasteiger partial charge in [0.1, 0.15) is 11.9 Å². The summed E-state index contributed by atoms with van der Waals surface area (Å²) in [7, 11) is 0. The van der Waals surface area contributed by atoms with Gasteiger partial charge in [0.25, 0.3) is 0 Å². The standard InChI is InChI=1S/C16H24N4O/c1-6-14-18-12-9-11(17)7-8-13(12)20(14)10(2)15(21)19-16(3,4)5/h7-10H,6,17H2,1-5H3,(H,19,21). The number of aromatic nitrogens is 2. The van der Waals surface area contributed by atoms with Gasteiger partial charge in [0.15, 0.2) is 0 Å². The zero-order valence-corrected chi connectivity index (χ0v) is 13.4. The fourth-order valence-electron chi connectivity index (χ4n) is 2.44. The topological polar surface area (TPSA) is 72.9 Å². The molecule has 1 heterocycles. The lowest BCUT2D eigenvalue weighted by molar-refractivity contribution is -0.125. The Morgan fingerprint density at radius 1 is 1.43 bits per heavy atom. The molecule has 0 saturated carbocycles. The molecule has 1 unspecified atom stereocenters. The van der Waals surface area contributed by atoms with Gasteiger partial charge in [-0.2, -0.15) is 0 Å². The van der Waals surface area contributed by atoms with Gasteiger partial charge >= 0.3 is 0 Å². The highest BCUT2D eigenvalue weighted by Gasteiger charge is 2.24. The monoisotopic (exact) mass is 288 g/mol. The van der Waals surface area contributed by atoms with Crippen molar-refractivity contribution < 1.29 is 4.79 Å². The van der Waals surface area contributed by atoms with Crippen molar-refractivity contribution >= 4 is 22.6 Å². The number of nitrogens with one attached hydrogen (secondary N) is 1. The van der Waals surface area contributed by atoms with Crippen molar-refractivity contribution in [3.8, 4) is 0 Å². The Morgan fingerprint density at radius 3 is 2.67 bits per heavy atom. The maximum absolute atomic E-state index is 12.5. The summed E-state index contributed by atoms with van der Waals surface area (Å²) in [5.41, 5.74) is 8.02. The Hall–Kier alpha value is -2.04. The van der Waals surface area contributed by atoms with Crippen molar-refractivity contribution in [2.45, 2.75) is 52.6 Å². The van der Waals surface area contributed by atoms with Crippen LogP contribution in [0.5, 0.6) is 0 Å². The molecule has 0 saturated heterocycles. The molecule has 5 nitrogen and oxygen atoms in total. The highest BCUT2D eigenvalue weighted by Crippen LogP contribution is 2.24. The molecule has 1 aromatic heterocycles. The number of nitrogen functional groups attached to an aromatic ring is 1. The fraction of sp³-hybridized carbons (Fsp3) is 0.500. The summed E-state index contributed by atoms with van der Waals surface area (Å²) in [5.74, 6) is 0.889. The first-order valence-electron chi connectivity index (χ1n) is 7.31. The van der Waals surface area contributed by atoms with Crippen LogP contribution in [0.1, 0.15) is 46.5 Å². The molecular formula is C16H24N4O. The largest absolute Gasteiger partial charge is 0.399 e. The van der Waals surface area contributed by atoms with E-state index >= 15 is 0 Å². The second-order valence-electron chi connectivity index (χ2n) is 6.41. The zero-order valence-electron chi connectivity index (χ0n) is 13.4. The Morgan fingerprint density at radius 2 is 2.10 bits per heavy atom. The smallest absolute Gasteiger partial charge is 0.243 e. The zero-order chi connectivity index (χ0) is 15.8. The summed E-state index contributed by atoms with van der Waals surface area (Å²) in [6, 6.07) is 5.30. The average Bonchev–Trinajstić information content (AvgIpc) is 2.73. The summed E-state index contributed by atoms with van der Waals surface area (Å²) in [6.45, 7) is 9.87. The van der Waals surface area contributed by atoms with Crippen LogP contribution in [0.2, 0.25) is 0 Å². The predicted molar refractivity (Wildman–Crippen MR) is 86.1 cm³/mol. The van der Waals surface area contributed by atoms with Gasteiger partial charge in [-0.15, -0.1) is 0 Å². The number of benzene rings is 1. The number of fused-ring (bicyclic) bond motifs is 1. The maximum Gasteiger partial charge on any atom is 0.243 e. The number of imidazole rings is 1. The first kappa shape index (κ1) is 15.4. The number of carbonyl (C=O) groups excluding carboxylic acids is 1. The maximum atomic E-state index is 12.5. The summed E-state index contributed by atoms with van der Waals surface area (Å²) < 4.78 is 2.00. The first-order valence-corrected chi connectivity index (χ1v) is 7.31. The lowest BCUT2D eigenvalue weighted by atomic mass is 10.1. The molecule has 114 valence electrons. The molecule has 0 radical (unpaired) electrons. The Kier molecular flexibility index (Phi) is 3.94. The van der Waals surface area contributed by atoms with E-state index in [4.69, 9.17) is 5.73 Å². The van der Waals surface area contributed by atoms with E-state index in [1.165, 1.54) is 0 Å². The van der Waals surface area contributed by atoms with E-state index < -0.39 is 0 Å². The van der Waals surface area contributed by atoms with Crippen LogP contribution in [0, 0.1) is 0 Å². The molecule has 0 aliphatic heterocycles. The van der Waals surface area contributed by atoms with Gasteiger partial charge in [-0.05, 0) is 45.9 Å². The molecule has 0 aliphatic rings. The molecular weight excluding hydrogens is 264 g/mol. The minimum atomic E-state index is -0.312. The molecule has 5 heteroatoms. The van der Waals surface area contributed by atoms with Crippen molar-refractivity contribution in [1.82, 2.24) is 14.9 Å². The van der Waals surface area contributed by atoms with Crippen molar-refractivity contribution in [2.75, 3.05) is 5.73 Å². The van der Waals surface area contributed by atoms with Crippen LogP contribution in [-0.4, -0.2) is 21.0 Å².